The first kappa shape index (κ1) is 115. The molecule has 5 nitrogen and oxygen atoms in total. The lowest BCUT2D eigenvalue weighted by molar-refractivity contribution is -0.186. The van der Waals surface area contributed by atoms with E-state index in [1.807, 2.05) is 20.8 Å². The Morgan fingerprint density at radius 2 is 0.600 bits per heavy atom. The monoisotopic (exact) mass is 1960 g/mol. The Morgan fingerprint density at radius 1 is 0.290 bits per heavy atom. The van der Waals surface area contributed by atoms with Crippen LogP contribution in [-0.4, -0.2) is 0 Å². The van der Waals surface area contributed by atoms with Gasteiger partial charge in [0.1, 0.15) is 46.7 Å². The van der Waals surface area contributed by atoms with Crippen molar-refractivity contribution in [3.63, 3.8) is 0 Å². The molecule has 0 spiro atoms. The molecule has 0 amide bonds. The molecular weight excluding hydrogens is 1800 g/mol. The number of rotatable bonds is 17. The maximum absolute atomic E-state index is 14.0. The van der Waals surface area contributed by atoms with E-state index in [0.717, 1.165) is 152 Å². The molecule has 6 fully saturated rings. The predicted octanol–water partition coefficient (Wildman–Crippen LogP) is 37.2. The standard InChI is InChI=1S/C24H28.C20H30.C16H11F4NO.C16H14.C16H24.C15H10F3NO.C14H26.C12H15N/c1-18-4-8-21(9-5-18)12-14-24-15-13-23(16-20(24)3)17-22-10-6-19(2)7-11-22;1-15-3-7-17(8-4-15)19-11-13-20(14-12-19)18-9-5-16(2)6-10-18;1-2-10-3-5-11(6-4-10)16(19,20)22-12-7-14(17)13(9-21)15(18)8-12;1-13-3-7-15(8-4-13)11-12-16-9-5-14(2)6-10-16;1-3-4-14-7-11-16(12-8-14)15-9-5-13(2)6-10-15;1-10-2-5-12(6-3-10)15(17,18)20-13-7-4-11(9-19)14(16)8-13;1-11-3-7-13(8-4-11)14-9-5-12(2)6-10-14;1-4-5-11-6-9(2)12(8-13)10(3)7-11/h4-5,8-9,13,15-16,19,22H,6-7,10-11,17H2,1-3H3;3-4,7-8,16,18-20H,5-6,9-14H2,1-2H3;3-8H,2H2,1H3;3-10H,1-2H3;7-8,11-13,15H,3-6,9-10H2,1-2H3;2-8H,1H3;11-14H,3-10H2,1-2H3;6-7H,4-5H2,1-3H3. The van der Waals surface area contributed by atoms with Gasteiger partial charge in [0, 0.05) is 40.5 Å². The molecule has 6 aliphatic carbocycles. The highest BCUT2D eigenvalue weighted by Gasteiger charge is 2.38. The Labute approximate surface area is 866 Å². The smallest absolute Gasteiger partial charge is 0.426 e. The summed E-state index contributed by atoms with van der Waals surface area (Å²) in [5.41, 5.74) is 21.3. The first-order valence-corrected chi connectivity index (χ1v) is 54.0. The van der Waals surface area contributed by atoms with Gasteiger partial charge in [-0.2, -0.15) is 33.3 Å². The van der Waals surface area contributed by atoms with E-state index in [1.54, 1.807) is 49.8 Å². The van der Waals surface area contributed by atoms with E-state index >= 15 is 0 Å². The number of ether oxygens (including phenoxy) is 2. The van der Waals surface area contributed by atoms with Crippen LogP contribution in [0.15, 0.2) is 231 Å². The second-order valence-corrected chi connectivity index (χ2v) is 42.9. The number of aryl methyl sites for hydroxylation is 11. The van der Waals surface area contributed by atoms with Crippen molar-refractivity contribution in [1.82, 2.24) is 0 Å². The number of alkyl halides is 4. The molecule has 766 valence electrons. The van der Waals surface area contributed by atoms with E-state index in [1.165, 1.54) is 247 Å². The number of nitriles is 3. The second kappa shape index (κ2) is 58.5. The molecule has 0 N–H and O–H groups in total. The highest BCUT2D eigenvalue weighted by atomic mass is 19.3. The predicted molar refractivity (Wildman–Crippen MR) is 584 cm³/mol. The molecule has 0 heterocycles. The maximum atomic E-state index is 14.0. The summed E-state index contributed by atoms with van der Waals surface area (Å²) in [6, 6.07) is 74.9. The third-order valence-electron chi connectivity index (χ3n) is 30.6. The van der Waals surface area contributed by atoms with Gasteiger partial charge in [-0.15, -0.1) is 0 Å². The SMILES string of the molecule is CC1CCC(C2CCC(C)CC2)CC1.CCCc1cc(C)c(C#N)c(C)c1.CCCc1ccc(C2CCC(C)CC2)cc1.CCc1ccc(C(F)(F)Oc2cc(F)c(C#N)c(F)c2)cc1.Cc1ccc(C#Cc2ccc(C)cc2)cc1.Cc1ccc(C#Cc2ccc(CC3CCC(C)CC3)cc2C)cc1.Cc1ccc(C(F)(F)Oc2ccc(C#N)c(F)c2)cc1.Cc1ccc(C2CCC(C3CCC(C)CC3)CC2)cc1. The summed E-state index contributed by atoms with van der Waals surface area (Å²) >= 11 is 0. The van der Waals surface area contributed by atoms with Crippen molar-refractivity contribution < 1.29 is 40.2 Å². The molecule has 145 heavy (non-hydrogen) atoms. The van der Waals surface area contributed by atoms with Crippen LogP contribution < -0.4 is 9.47 Å². The average molecular weight is 1960 g/mol. The Kier molecular flexibility index (Phi) is 46.4. The molecule has 0 aromatic heterocycles. The zero-order chi connectivity index (χ0) is 105. The molecule has 0 atom stereocenters. The van der Waals surface area contributed by atoms with Crippen LogP contribution in [-0.2, 0) is 37.9 Å². The zero-order valence-corrected chi connectivity index (χ0v) is 89.4. The van der Waals surface area contributed by atoms with Crippen molar-refractivity contribution in [3.8, 4) is 53.4 Å². The van der Waals surface area contributed by atoms with Crippen LogP contribution in [0.25, 0.3) is 0 Å². The Bertz CT molecular complexity index is 5920. The van der Waals surface area contributed by atoms with Crippen LogP contribution in [0.5, 0.6) is 11.5 Å². The van der Waals surface area contributed by atoms with Gasteiger partial charge >= 0.3 is 12.2 Å². The lowest BCUT2D eigenvalue weighted by atomic mass is 9.68. The molecule has 0 bridgehead atoms. The van der Waals surface area contributed by atoms with Crippen molar-refractivity contribution in [1.29, 1.82) is 15.8 Å². The van der Waals surface area contributed by atoms with E-state index in [0.29, 0.717) is 18.6 Å². The van der Waals surface area contributed by atoms with Gasteiger partial charge in [-0.3, -0.25) is 0 Å². The van der Waals surface area contributed by atoms with Gasteiger partial charge in [0.15, 0.2) is 0 Å². The third kappa shape index (κ3) is 38.2. The van der Waals surface area contributed by atoms with E-state index in [4.69, 9.17) is 15.8 Å². The van der Waals surface area contributed by atoms with Crippen LogP contribution in [0.1, 0.15) is 362 Å². The number of nitrogens with zero attached hydrogens (tertiary/aromatic N) is 3. The Balaban J connectivity index is 0.000000171. The number of hydrogen-bond acceptors (Lipinski definition) is 5. The lowest BCUT2D eigenvalue weighted by Crippen LogP contribution is -2.24. The summed E-state index contributed by atoms with van der Waals surface area (Å²) in [6.45, 7) is 34.8. The van der Waals surface area contributed by atoms with Crippen molar-refractivity contribution in [2.45, 2.75) is 327 Å². The summed E-state index contributed by atoms with van der Waals surface area (Å²) in [5.74, 6) is 20.3. The molecule has 0 unspecified atom stereocenters. The van der Waals surface area contributed by atoms with Gasteiger partial charge in [-0.25, -0.2) is 13.2 Å². The summed E-state index contributed by atoms with van der Waals surface area (Å²) < 4.78 is 105. The van der Waals surface area contributed by atoms with Crippen molar-refractivity contribution in [2.75, 3.05) is 0 Å². The molecular formula is C133H158F7N3O2. The molecule has 6 aliphatic rings. The lowest BCUT2D eigenvalue weighted by Gasteiger charge is -2.37. The van der Waals surface area contributed by atoms with Gasteiger partial charge in [-0.05, 0) is 371 Å². The van der Waals surface area contributed by atoms with Crippen LogP contribution in [0, 0.1) is 190 Å². The minimum absolute atomic E-state index is 0.226. The fourth-order valence-electron chi connectivity index (χ4n) is 21.1. The second-order valence-electron chi connectivity index (χ2n) is 42.9. The largest absolute Gasteiger partial charge is 0.429 e. The molecule has 12 heteroatoms. The van der Waals surface area contributed by atoms with Crippen LogP contribution in [0.4, 0.5) is 30.7 Å². The summed E-state index contributed by atoms with van der Waals surface area (Å²) in [5, 5.41) is 26.0. The van der Waals surface area contributed by atoms with E-state index in [9.17, 15) is 30.7 Å². The number of hydrogen-bond donors (Lipinski definition) is 0. The quantitative estimate of drug-likeness (QED) is 0.0669. The molecule has 17 rings (SSSR count). The van der Waals surface area contributed by atoms with Crippen molar-refractivity contribution >= 4 is 0 Å². The minimum atomic E-state index is -3.75. The van der Waals surface area contributed by atoms with Crippen LogP contribution in [0.2, 0.25) is 0 Å². The number of halogens is 7. The summed E-state index contributed by atoms with van der Waals surface area (Å²) in [6.07, 6.45) is 34.6. The Hall–Kier alpha value is -11.9. The van der Waals surface area contributed by atoms with Gasteiger partial charge in [0.2, 0.25) is 0 Å². The maximum Gasteiger partial charge on any atom is 0.426 e. The molecule has 11 aromatic carbocycles. The number of benzene rings is 11. The Morgan fingerprint density at radius 3 is 0.979 bits per heavy atom. The van der Waals surface area contributed by atoms with Gasteiger partial charge in [0.25, 0.3) is 0 Å². The van der Waals surface area contributed by atoms with Gasteiger partial charge in [0.05, 0.1) is 28.3 Å². The molecule has 0 radical (unpaired) electrons. The van der Waals surface area contributed by atoms with E-state index in [-0.39, 0.29) is 16.9 Å². The van der Waals surface area contributed by atoms with Crippen LogP contribution >= 0.6 is 0 Å². The summed E-state index contributed by atoms with van der Waals surface area (Å²) in [4.78, 5) is 0. The normalized spacial score (nSPS) is 20.4. The fraction of sp³-hybridized carbons (Fsp3) is 0.451. The first-order chi connectivity index (χ1) is 69.6. The van der Waals surface area contributed by atoms with Gasteiger partial charge < -0.3 is 9.47 Å². The highest BCUT2D eigenvalue weighted by Crippen LogP contribution is 2.46. The fourth-order valence-corrected chi connectivity index (χ4v) is 21.1. The first-order valence-electron chi connectivity index (χ1n) is 54.0. The third-order valence-corrected chi connectivity index (χ3v) is 30.6. The minimum Gasteiger partial charge on any atom is -0.429 e. The topological polar surface area (TPSA) is 89.8 Å². The van der Waals surface area contributed by atoms with Crippen molar-refractivity contribution in [2.24, 2.45) is 59.2 Å². The summed E-state index contributed by atoms with van der Waals surface area (Å²) in [7, 11) is 0. The molecule has 6 saturated carbocycles. The van der Waals surface area contributed by atoms with Crippen LogP contribution in [0.3, 0.4) is 0 Å². The zero-order valence-electron chi connectivity index (χ0n) is 89.4. The highest BCUT2D eigenvalue weighted by molar-refractivity contribution is 5.50. The molecule has 0 saturated heterocycles. The molecule has 11 aromatic rings. The van der Waals surface area contributed by atoms with Gasteiger partial charge in [-0.1, -0.05) is 317 Å². The molecule has 0 aliphatic heterocycles. The van der Waals surface area contributed by atoms with E-state index in [2.05, 4.69) is 274 Å². The average Bonchev–Trinajstić information content (AvgIpc) is 0.823. The van der Waals surface area contributed by atoms with E-state index < -0.39 is 46.5 Å². The van der Waals surface area contributed by atoms with Crippen molar-refractivity contribution in [3.05, 3.63) is 376 Å².